The molecule has 0 fully saturated rings. The average molecular weight is 418 g/mol. The molecule has 3 aromatic rings. The number of alkyl halides is 3. The van der Waals surface area contributed by atoms with Crippen LogP contribution in [-0.2, 0) is 6.18 Å². The van der Waals surface area contributed by atoms with E-state index < -0.39 is 11.7 Å². The smallest absolute Gasteiger partial charge is 0.416 e. The highest BCUT2D eigenvalue weighted by Gasteiger charge is 2.31. The van der Waals surface area contributed by atoms with Crippen LogP contribution in [0.2, 0.25) is 10.0 Å². The maximum atomic E-state index is 13.0. The molecule has 0 bridgehead atoms. The second-order valence-corrected chi connectivity index (χ2v) is 7.22. The van der Waals surface area contributed by atoms with Crippen molar-refractivity contribution in [1.82, 2.24) is 0 Å². The molecule has 0 aliphatic heterocycles. The third-order valence-electron chi connectivity index (χ3n) is 3.78. The Morgan fingerprint density at radius 1 is 1.08 bits per heavy atom. The highest BCUT2D eigenvalue weighted by molar-refractivity contribution is 7.20. The average Bonchev–Trinajstić information content (AvgIpc) is 2.93. The Morgan fingerprint density at radius 3 is 2.42 bits per heavy atom. The van der Waals surface area contributed by atoms with Gasteiger partial charge in [0.1, 0.15) is 10.8 Å². The Hall–Kier alpha value is -1.89. The van der Waals surface area contributed by atoms with Crippen molar-refractivity contribution in [3.63, 3.8) is 0 Å². The van der Waals surface area contributed by atoms with Crippen LogP contribution in [0.5, 0.6) is 5.75 Å². The van der Waals surface area contributed by atoms with Gasteiger partial charge in [0.2, 0.25) is 0 Å². The molecule has 3 rings (SSSR count). The summed E-state index contributed by atoms with van der Waals surface area (Å²) < 4.78 is 39.1. The summed E-state index contributed by atoms with van der Waals surface area (Å²) in [6, 6.07) is 9.81. The number of halogens is 5. The third kappa shape index (κ3) is 3.37. The molecule has 1 aromatic heterocycles. The van der Waals surface area contributed by atoms with Gasteiger partial charge in [-0.15, -0.1) is 11.3 Å². The van der Waals surface area contributed by atoms with Crippen LogP contribution in [0.4, 0.5) is 18.2 Å². The van der Waals surface area contributed by atoms with Gasteiger partial charge >= 0.3 is 6.18 Å². The number of nitrogens with one attached hydrogen (secondary N) is 1. The predicted molar refractivity (Wildman–Crippen MR) is 101 cm³/mol. The van der Waals surface area contributed by atoms with Crippen LogP contribution in [0.3, 0.4) is 0 Å². The van der Waals surface area contributed by atoms with E-state index in [0.717, 1.165) is 12.1 Å². The molecule has 0 atom stereocenters. The van der Waals surface area contributed by atoms with Crippen LogP contribution in [0.1, 0.15) is 5.56 Å². The normalized spacial score (nSPS) is 11.6. The van der Waals surface area contributed by atoms with Crippen molar-refractivity contribution in [3.8, 4) is 27.3 Å². The molecule has 136 valence electrons. The van der Waals surface area contributed by atoms with Crippen LogP contribution >= 0.6 is 34.5 Å². The summed E-state index contributed by atoms with van der Waals surface area (Å²) >= 11 is 13.4. The lowest BCUT2D eigenvalue weighted by Gasteiger charge is -2.10. The Labute approximate surface area is 161 Å². The Kier molecular flexibility index (Phi) is 5.10. The Balaban J connectivity index is 2.21. The van der Waals surface area contributed by atoms with Gasteiger partial charge in [0.25, 0.3) is 0 Å². The SMILES string of the molecule is CNc1sc(-c2cccc(Cl)c2Cl)c(O)c1-c1cccc(C(F)(F)F)c1. The van der Waals surface area contributed by atoms with Crippen LogP contribution < -0.4 is 5.32 Å². The van der Waals surface area contributed by atoms with Gasteiger partial charge in [0, 0.05) is 12.6 Å². The monoisotopic (exact) mass is 417 g/mol. The number of anilines is 1. The molecule has 0 amide bonds. The molecule has 2 nitrogen and oxygen atoms in total. The molecule has 0 aliphatic rings. The fraction of sp³-hybridized carbons (Fsp3) is 0.111. The van der Waals surface area contributed by atoms with E-state index in [1.54, 1.807) is 25.2 Å². The van der Waals surface area contributed by atoms with Gasteiger partial charge in [-0.1, -0.05) is 47.5 Å². The first-order valence-electron chi connectivity index (χ1n) is 7.39. The zero-order chi connectivity index (χ0) is 19.1. The van der Waals surface area contributed by atoms with Crippen molar-refractivity contribution in [2.24, 2.45) is 0 Å². The predicted octanol–water partition coefficient (Wildman–Crippen LogP) is 7.16. The molecule has 0 radical (unpaired) electrons. The molecule has 0 aliphatic carbocycles. The van der Waals surface area contributed by atoms with Crippen LogP contribution in [0.25, 0.3) is 21.6 Å². The fourth-order valence-corrected chi connectivity index (χ4v) is 4.13. The molecule has 2 aromatic carbocycles. The number of hydrogen-bond acceptors (Lipinski definition) is 3. The zero-order valence-corrected chi connectivity index (χ0v) is 15.6. The van der Waals surface area contributed by atoms with Gasteiger partial charge in [-0.2, -0.15) is 13.2 Å². The fourth-order valence-electron chi connectivity index (χ4n) is 2.58. The van der Waals surface area contributed by atoms with Crippen molar-refractivity contribution in [2.45, 2.75) is 6.18 Å². The molecule has 0 saturated heterocycles. The number of hydrogen-bond donors (Lipinski definition) is 2. The highest BCUT2D eigenvalue weighted by Crippen LogP contribution is 2.52. The second kappa shape index (κ2) is 7.02. The standard InChI is InChI=1S/C18H12Cl2F3NOS/c1-24-17-13(9-4-2-5-10(8-9)18(21,22)23)15(25)16(26-17)11-6-3-7-12(19)14(11)20/h2-8,24-25H,1H3. The molecule has 8 heteroatoms. The Morgan fingerprint density at radius 2 is 1.77 bits per heavy atom. The largest absolute Gasteiger partial charge is 0.506 e. The summed E-state index contributed by atoms with van der Waals surface area (Å²) in [6.45, 7) is 0. The number of aromatic hydroxyl groups is 1. The van der Waals surface area contributed by atoms with E-state index in [1.165, 1.54) is 23.5 Å². The van der Waals surface area contributed by atoms with E-state index in [4.69, 9.17) is 23.2 Å². The van der Waals surface area contributed by atoms with E-state index in [-0.39, 0.29) is 21.9 Å². The maximum absolute atomic E-state index is 13.0. The van der Waals surface area contributed by atoms with Crippen molar-refractivity contribution < 1.29 is 18.3 Å². The summed E-state index contributed by atoms with van der Waals surface area (Å²) in [4.78, 5) is 0.425. The van der Waals surface area contributed by atoms with Crippen molar-refractivity contribution in [3.05, 3.63) is 58.1 Å². The minimum Gasteiger partial charge on any atom is -0.506 e. The van der Waals surface area contributed by atoms with E-state index >= 15 is 0 Å². The lowest BCUT2D eigenvalue weighted by atomic mass is 10.0. The summed E-state index contributed by atoms with van der Waals surface area (Å²) in [5.41, 5.74) is 0.262. The number of rotatable bonds is 3. The van der Waals surface area contributed by atoms with Crippen molar-refractivity contribution in [1.29, 1.82) is 0 Å². The zero-order valence-electron chi connectivity index (χ0n) is 13.3. The van der Waals surface area contributed by atoms with Crippen molar-refractivity contribution >= 4 is 39.5 Å². The van der Waals surface area contributed by atoms with Gasteiger partial charge < -0.3 is 10.4 Å². The number of benzene rings is 2. The molecule has 0 unspecified atom stereocenters. The molecule has 2 N–H and O–H groups in total. The van der Waals surface area contributed by atoms with E-state index in [9.17, 15) is 18.3 Å². The van der Waals surface area contributed by atoms with Crippen molar-refractivity contribution in [2.75, 3.05) is 12.4 Å². The first-order valence-corrected chi connectivity index (χ1v) is 8.96. The maximum Gasteiger partial charge on any atom is 0.416 e. The molecular weight excluding hydrogens is 406 g/mol. The first-order chi connectivity index (χ1) is 12.2. The van der Waals surface area contributed by atoms with E-state index in [0.29, 0.717) is 20.5 Å². The Bertz CT molecular complexity index is 970. The van der Waals surface area contributed by atoms with Crippen LogP contribution in [0, 0.1) is 0 Å². The summed E-state index contributed by atoms with van der Waals surface area (Å²) in [5.74, 6) is -0.150. The molecular formula is C18H12Cl2F3NOS. The second-order valence-electron chi connectivity index (χ2n) is 5.41. The van der Waals surface area contributed by atoms with Gasteiger partial charge in [0.15, 0.2) is 0 Å². The van der Waals surface area contributed by atoms with Gasteiger partial charge in [0.05, 0.1) is 26.0 Å². The van der Waals surface area contributed by atoms with Crippen LogP contribution in [-0.4, -0.2) is 12.2 Å². The third-order valence-corrected chi connectivity index (χ3v) is 5.83. The lowest BCUT2D eigenvalue weighted by Crippen LogP contribution is -2.04. The summed E-state index contributed by atoms with van der Waals surface area (Å²) in [7, 11) is 1.63. The summed E-state index contributed by atoms with van der Waals surface area (Å²) in [6.07, 6.45) is -4.47. The molecule has 1 heterocycles. The van der Waals surface area contributed by atoms with E-state index in [1.807, 2.05) is 0 Å². The quantitative estimate of drug-likeness (QED) is 0.473. The summed E-state index contributed by atoms with van der Waals surface area (Å²) in [5, 5.41) is 14.8. The van der Waals surface area contributed by atoms with Gasteiger partial charge in [-0.05, 0) is 23.8 Å². The number of thiophene rings is 1. The highest BCUT2D eigenvalue weighted by atomic mass is 35.5. The van der Waals surface area contributed by atoms with Gasteiger partial charge in [-0.3, -0.25) is 0 Å². The van der Waals surface area contributed by atoms with E-state index in [2.05, 4.69) is 5.32 Å². The first kappa shape index (κ1) is 18.9. The molecule has 26 heavy (non-hydrogen) atoms. The molecule has 0 saturated carbocycles. The van der Waals surface area contributed by atoms with Gasteiger partial charge in [-0.25, -0.2) is 0 Å². The van der Waals surface area contributed by atoms with Crippen LogP contribution in [0.15, 0.2) is 42.5 Å². The minimum absolute atomic E-state index is 0.150. The molecule has 0 spiro atoms. The topological polar surface area (TPSA) is 32.3 Å². The minimum atomic E-state index is -4.47. The lowest BCUT2D eigenvalue weighted by molar-refractivity contribution is -0.137.